The number of nitrogens with zero attached hydrogens (tertiary/aromatic N) is 1. The Morgan fingerprint density at radius 2 is 1.83 bits per heavy atom. The molecule has 0 aromatic heterocycles. The second kappa shape index (κ2) is 9.24. The molecular formula is C19H31N3S. The van der Waals surface area contributed by atoms with Gasteiger partial charge in [0, 0.05) is 12.6 Å². The smallest absolute Gasteiger partial charge is 0.166 e. The molecule has 1 aliphatic rings. The van der Waals surface area contributed by atoms with E-state index in [-0.39, 0.29) is 0 Å². The zero-order chi connectivity index (χ0) is 16.7. The fourth-order valence-electron chi connectivity index (χ4n) is 3.25. The molecule has 0 aliphatic heterocycles. The molecule has 0 saturated heterocycles. The highest BCUT2D eigenvalue weighted by Crippen LogP contribution is 2.19. The Morgan fingerprint density at radius 3 is 2.39 bits per heavy atom. The molecule has 0 radical (unpaired) electrons. The molecule has 1 aromatic carbocycles. The number of thiocarbonyl (C=S) groups is 1. The van der Waals surface area contributed by atoms with Gasteiger partial charge in [0.25, 0.3) is 0 Å². The third kappa shape index (κ3) is 5.78. The molecular weight excluding hydrogens is 302 g/mol. The van der Waals surface area contributed by atoms with Crippen molar-refractivity contribution in [2.45, 2.75) is 57.5 Å². The summed E-state index contributed by atoms with van der Waals surface area (Å²) in [7, 11) is 4.25. The molecule has 1 saturated carbocycles. The minimum atomic E-state index is 0.326. The van der Waals surface area contributed by atoms with Crippen LogP contribution in [0, 0.1) is 0 Å². The Morgan fingerprint density at radius 1 is 1.17 bits per heavy atom. The van der Waals surface area contributed by atoms with E-state index in [1.807, 2.05) is 0 Å². The highest BCUT2D eigenvalue weighted by atomic mass is 32.1. The highest BCUT2D eigenvalue weighted by molar-refractivity contribution is 7.80. The van der Waals surface area contributed by atoms with Crippen LogP contribution in [-0.2, 0) is 6.42 Å². The van der Waals surface area contributed by atoms with Gasteiger partial charge in [0.15, 0.2) is 5.11 Å². The van der Waals surface area contributed by atoms with Crippen molar-refractivity contribution in [3.63, 3.8) is 0 Å². The summed E-state index contributed by atoms with van der Waals surface area (Å²) in [5.74, 6) is 0. The van der Waals surface area contributed by atoms with E-state index in [1.54, 1.807) is 0 Å². The van der Waals surface area contributed by atoms with Crippen molar-refractivity contribution in [3.05, 3.63) is 35.4 Å². The predicted octanol–water partition coefficient (Wildman–Crippen LogP) is 3.65. The number of hydrogen-bond donors (Lipinski definition) is 2. The average Bonchev–Trinajstić information content (AvgIpc) is 2.56. The minimum Gasteiger partial charge on any atom is -0.361 e. The van der Waals surface area contributed by atoms with Crippen LogP contribution < -0.4 is 10.6 Å². The first-order valence-electron chi connectivity index (χ1n) is 8.89. The topological polar surface area (TPSA) is 27.3 Å². The maximum absolute atomic E-state index is 5.49. The molecule has 128 valence electrons. The van der Waals surface area contributed by atoms with Crippen molar-refractivity contribution in [1.82, 2.24) is 15.5 Å². The third-order valence-corrected chi connectivity index (χ3v) is 5.05. The normalized spacial score (nSPS) is 17.0. The van der Waals surface area contributed by atoms with Crippen LogP contribution in [0.5, 0.6) is 0 Å². The van der Waals surface area contributed by atoms with E-state index in [4.69, 9.17) is 12.2 Å². The van der Waals surface area contributed by atoms with Gasteiger partial charge in [-0.05, 0) is 56.7 Å². The van der Waals surface area contributed by atoms with Gasteiger partial charge in [-0.25, -0.2) is 0 Å². The molecule has 1 fully saturated rings. The van der Waals surface area contributed by atoms with Crippen LogP contribution in [0.2, 0.25) is 0 Å². The molecule has 2 N–H and O–H groups in total. The lowest BCUT2D eigenvalue weighted by atomic mass is 9.96. The van der Waals surface area contributed by atoms with Crippen molar-refractivity contribution in [3.8, 4) is 0 Å². The van der Waals surface area contributed by atoms with Gasteiger partial charge in [-0.1, -0.05) is 50.5 Å². The molecule has 0 amide bonds. The van der Waals surface area contributed by atoms with Gasteiger partial charge in [0.05, 0.1) is 6.04 Å². The summed E-state index contributed by atoms with van der Waals surface area (Å²) in [6, 6.07) is 9.82. The molecule has 0 bridgehead atoms. The number of hydrogen-bond acceptors (Lipinski definition) is 2. The number of likely N-dealkylation sites (N-methyl/N-ethyl adjacent to an activating group) is 1. The SMILES string of the molecule is CCc1ccc([C@@H](CNC(=S)NC2CCCCC2)N(C)C)cc1. The fraction of sp³-hybridized carbons (Fsp3) is 0.632. The molecule has 1 atom stereocenters. The van der Waals surface area contributed by atoms with E-state index in [1.165, 1.54) is 43.2 Å². The Bertz CT molecular complexity index is 478. The Hall–Kier alpha value is -1.13. The van der Waals surface area contributed by atoms with Crippen LogP contribution in [0.15, 0.2) is 24.3 Å². The van der Waals surface area contributed by atoms with Gasteiger partial charge in [0.2, 0.25) is 0 Å². The van der Waals surface area contributed by atoms with E-state index in [0.717, 1.165) is 18.1 Å². The molecule has 1 aliphatic carbocycles. The van der Waals surface area contributed by atoms with Crippen molar-refractivity contribution in [2.75, 3.05) is 20.6 Å². The molecule has 1 aromatic rings. The number of benzene rings is 1. The predicted molar refractivity (Wildman–Crippen MR) is 103 cm³/mol. The Labute approximate surface area is 146 Å². The zero-order valence-corrected chi connectivity index (χ0v) is 15.6. The van der Waals surface area contributed by atoms with Gasteiger partial charge in [0.1, 0.15) is 0 Å². The van der Waals surface area contributed by atoms with E-state index >= 15 is 0 Å². The van der Waals surface area contributed by atoms with Gasteiger partial charge in [-0.15, -0.1) is 0 Å². The standard InChI is InChI=1S/C19H31N3S/c1-4-15-10-12-16(13-11-15)18(22(2)3)14-20-19(23)21-17-8-6-5-7-9-17/h10-13,17-18H,4-9,14H2,1-3H3,(H2,20,21,23)/t18-/m1/s1. The van der Waals surface area contributed by atoms with E-state index in [9.17, 15) is 0 Å². The fourth-order valence-corrected chi connectivity index (χ4v) is 3.50. The van der Waals surface area contributed by atoms with E-state index in [0.29, 0.717) is 12.1 Å². The van der Waals surface area contributed by atoms with Crippen LogP contribution in [0.1, 0.15) is 56.2 Å². The van der Waals surface area contributed by atoms with Gasteiger partial charge in [-0.3, -0.25) is 0 Å². The summed E-state index contributed by atoms with van der Waals surface area (Å²) in [5, 5.41) is 7.70. The molecule has 0 heterocycles. The lowest BCUT2D eigenvalue weighted by Crippen LogP contribution is -2.45. The summed E-state index contributed by atoms with van der Waals surface area (Å²) >= 11 is 5.49. The van der Waals surface area contributed by atoms with Crippen LogP contribution in [-0.4, -0.2) is 36.7 Å². The first kappa shape index (κ1) is 18.2. The molecule has 2 rings (SSSR count). The first-order valence-corrected chi connectivity index (χ1v) is 9.30. The molecule has 23 heavy (non-hydrogen) atoms. The Kier molecular flexibility index (Phi) is 7.31. The molecule has 3 nitrogen and oxygen atoms in total. The van der Waals surface area contributed by atoms with Crippen LogP contribution in [0.3, 0.4) is 0 Å². The van der Waals surface area contributed by atoms with E-state index in [2.05, 4.69) is 60.8 Å². The number of rotatable bonds is 6. The zero-order valence-electron chi connectivity index (χ0n) is 14.8. The maximum atomic E-state index is 5.49. The van der Waals surface area contributed by atoms with Crippen molar-refractivity contribution in [2.24, 2.45) is 0 Å². The largest absolute Gasteiger partial charge is 0.361 e. The third-order valence-electron chi connectivity index (χ3n) is 4.79. The summed E-state index contributed by atoms with van der Waals surface area (Å²) in [6.07, 6.45) is 7.60. The summed E-state index contributed by atoms with van der Waals surface area (Å²) in [5.41, 5.74) is 2.72. The maximum Gasteiger partial charge on any atom is 0.166 e. The molecule has 0 unspecified atom stereocenters. The Balaban J connectivity index is 1.87. The van der Waals surface area contributed by atoms with Gasteiger partial charge < -0.3 is 15.5 Å². The minimum absolute atomic E-state index is 0.326. The van der Waals surface area contributed by atoms with Crippen molar-refractivity contribution in [1.29, 1.82) is 0 Å². The van der Waals surface area contributed by atoms with Crippen LogP contribution >= 0.6 is 12.2 Å². The monoisotopic (exact) mass is 333 g/mol. The van der Waals surface area contributed by atoms with Crippen molar-refractivity contribution >= 4 is 17.3 Å². The lowest BCUT2D eigenvalue weighted by Gasteiger charge is -2.28. The second-order valence-electron chi connectivity index (χ2n) is 6.76. The average molecular weight is 334 g/mol. The summed E-state index contributed by atoms with van der Waals surface area (Å²) in [4.78, 5) is 2.25. The number of aryl methyl sites for hydroxylation is 1. The van der Waals surface area contributed by atoms with E-state index < -0.39 is 0 Å². The first-order chi connectivity index (χ1) is 11.1. The summed E-state index contributed by atoms with van der Waals surface area (Å²) in [6.45, 7) is 3.02. The lowest BCUT2D eigenvalue weighted by molar-refractivity contribution is 0.298. The quantitative estimate of drug-likeness (QED) is 0.777. The van der Waals surface area contributed by atoms with Gasteiger partial charge in [-0.2, -0.15) is 0 Å². The van der Waals surface area contributed by atoms with Crippen molar-refractivity contribution < 1.29 is 0 Å². The molecule has 0 spiro atoms. The highest BCUT2D eigenvalue weighted by Gasteiger charge is 2.17. The second-order valence-corrected chi connectivity index (χ2v) is 7.17. The van der Waals surface area contributed by atoms with Crippen LogP contribution in [0.4, 0.5) is 0 Å². The number of nitrogens with one attached hydrogen (secondary N) is 2. The molecule has 4 heteroatoms. The van der Waals surface area contributed by atoms with Crippen LogP contribution in [0.25, 0.3) is 0 Å². The van der Waals surface area contributed by atoms with Gasteiger partial charge >= 0.3 is 0 Å². The summed E-state index contributed by atoms with van der Waals surface area (Å²) < 4.78 is 0.